The Hall–Kier alpha value is -2.67. The molecule has 0 bridgehead atoms. The van der Waals surface area contributed by atoms with Gasteiger partial charge in [0.25, 0.3) is 0 Å². The highest BCUT2D eigenvalue weighted by atomic mass is 19.1. The van der Waals surface area contributed by atoms with Gasteiger partial charge in [-0.25, -0.2) is 4.39 Å². The van der Waals surface area contributed by atoms with Crippen LogP contribution >= 0.6 is 0 Å². The quantitative estimate of drug-likeness (QED) is 0.260. The molecule has 0 amide bonds. The van der Waals surface area contributed by atoms with E-state index in [1.54, 1.807) is 6.07 Å². The topological polar surface area (TPSA) is 0 Å². The van der Waals surface area contributed by atoms with Crippen LogP contribution in [-0.2, 0) is 19.3 Å². The first-order valence-corrected chi connectivity index (χ1v) is 13.6. The SMILES string of the molecule is C/C=C/CCc1ccc(CCC2CCC(c3ccc(C[C@@H](C)c4ccccc4)cc3)CC2)cc1F. The van der Waals surface area contributed by atoms with Crippen molar-refractivity contribution in [3.8, 4) is 0 Å². The van der Waals surface area contributed by atoms with E-state index >= 15 is 0 Å². The molecule has 184 valence electrons. The van der Waals surface area contributed by atoms with Crippen molar-refractivity contribution in [2.24, 2.45) is 5.92 Å². The van der Waals surface area contributed by atoms with E-state index in [4.69, 9.17) is 0 Å². The molecule has 0 unspecified atom stereocenters. The lowest BCUT2D eigenvalue weighted by Gasteiger charge is -2.29. The Morgan fingerprint density at radius 3 is 2.26 bits per heavy atom. The second-order valence-corrected chi connectivity index (χ2v) is 10.5. The van der Waals surface area contributed by atoms with Gasteiger partial charge in [-0.3, -0.25) is 0 Å². The Kier molecular flexibility index (Phi) is 9.35. The highest BCUT2D eigenvalue weighted by Gasteiger charge is 2.22. The molecule has 1 heteroatoms. The first-order valence-electron chi connectivity index (χ1n) is 13.6. The van der Waals surface area contributed by atoms with Gasteiger partial charge in [0.1, 0.15) is 5.82 Å². The number of rotatable bonds is 10. The van der Waals surface area contributed by atoms with Crippen molar-refractivity contribution in [3.63, 3.8) is 0 Å². The van der Waals surface area contributed by atoms with Crippen molar-refractivity contribution in [1.29, 1.82) is 0 Å². The average Bonchev–Trinajstić information content (AvgIpc) is 2.90. The van der Waals surface area contributed by atoms with E-state index in [1.165, 1.54) is 48.8 Å². The predicted octanol–water partition coefficient (Wildman–Crippen LogP) is 9.59. The van der Waals surface area contributed by atoms with E-state index in [2.05, 4.69) is 73.7 Å². The molecular formula is C34H41F. The van der Waals surface area contributed by atoms with Gasteiger partial charge in [0, 0.05) is 0 Å². The maximum Gasteiger partial charge on any atom is 0.126 e. The molecule has 1 atom stereocenters. The second-order valence-electron chi connectivity index (χ2n) is 10.5. The standard InChI is InChI=1S/C34H41F/c1-3-4-6-11-33-23-18-29(25-34(33)35)13-12-27-14-19-31(20-15-27)32-21-16-28(17-22-32)24-26(2)30-9-7-5-8-10-30/h3-5,7-10,16-18,21-23,25-27,31H,6,11-15,19-20,24H2,1-2H3/b4-3+/t26-,27?,31?/m1/s1. The molecule has 0 nitrogen and oxygen atoms in total. The summed E-state index contributed by atoms with van der Waals surface area (Å²) in [5.41, 5.74) is 6.35. The fourth-order valence-corrected chi connectivity index (χ4v) is 5.69. The molecular weight excluding hydrogens is 427 g/mol. The Labute approximate surface area is 212 Å². The van der Waals surface area contributed by atoms with Gasteiger partial charge in [-0.2, -0.15) is 0 Å². The van der Waals surface area contributed by atoms with Crippen LogP contribution in [0.3, 0.4) is 0 Å². The molecule has 0 aromatic heterocycles. The van der Waals surface area contributed by atoms with Crippen molar-refractivity contribution in [2.75, 3.05) is 0 Å². The molecule has 4 rings (SSSR count). The summed E-state index contributed by atoms with van der Waals surface area (Å²) < 4.78 is 14.4. The molecule has 1 fully saturated rings. The lowest BCUT2D eigenvalue weighted by atomic mass is 9.76. The van der Waals surface area contributed by atoms with Crippen LogP contribution in [-0.4, -0.2) is 0 Å². The van der Waals surface area contributed by atoms with Crippen LogP contribution in [0.2, 0.25) is 0 Å². The van der Waals surface area contributed by atoms with Gasteiger partial charge in [0.15, 0.2) is 0 Å². The molecule has 3 aromatic carbocycles. The van der Waals surface area contributed by atoms with Gasteiger partial charge >= 0.3 is 0 Å². The van der Waals surface area contributed by atoms with Crippen molar-refractivity contribution < 1.29 is 4.39 Å². The Bertz CT molecular complexity index is 1060. The third kappa shape index (κ3) is 7.40. The van der Waals surface area contributed by atoms with Crippen LogP contribution in [0.25, 0.3) is 0 Å². The van der Waals surface area contributed by atoms with Crippen molar-refractivity contribution in [1.82, 2.24) is 0 Å². The van der Waals surface area contributed by atoms with Gasteiger partial charge in [-0.05, 0) is 116 Å². The largest absolute Gasteiger partial charge is 0.207 e. The first kappa shape index (κ1) is 25.4. The summed E-state index contributed by atoms with van der Waals surface area (Å²) in [5.74, 6) is 1.98. The van der Waals surface area contributed by atoms with Gasteiger partial charge in [-0.15, -0.1) is 0 Å². The summed E-state index contributed by atoms with van der Waals surface area (Å²) in [6, 6.07) is 26.2. The summed E-state index contributed by atoms with van der Waals surface area (Å²) in [4.78, 5) is 0. The zero-order valence-corrected chi connectivity index (χ0v) is 21.6. The number of allylic oxidation sites excluding steroid dienone is 2. The third-order valence-corrected chi connectivity index (χ3v) is 7.98. The lowest BCUT2D eigenvalue weighted by Crippen LogP contribution is -2.14. The van der Waals surface area contributed by atoms with Crippen LogP contribution in [0.1, 0.15) is 92.0 Å². The van der Waals surface area contributed by atoms with Gasteiger partial charge in [0.2, 0.25) is 0 Å². The minimum atomic E-state index is -0.0303. The Morgan fingerprint density at radius 1 is 0.857 bits per heavy atom. The molecule has 1 saturated carbocycles. The lowest BCUT2D eigenvalue weighted by molar-refractivity contribution is 0.310. The normalized spacial score (nSPS) is 19.2. The summed E-state index contributed by atoms with van der Waals surface area (Å²) in [6.07, 6.45) is 14.2. The van der Waals surface area contributed by atoms with Gasteiger partial charge < -0.3 is 0 Å². The van der Waals surface area contributed by atoms with E-state index in [0.717, 1.165) is 42.7 Å². The zero-order valence-electron chi connectivity index (χ0n) is 21.6. The average molecular weight is 469 g/mol. The molecule has 0 N–H and O–H groups in total. The number of hydrogen-bond donors (Lipinski definition) is 0. The van der Waals surface area contributed by atoms with E-state index in [-0.39, 0.29) is 5.82 Å². The summed E-state index contributed by atoms with van der Waals surface area (Å²) in [7, 11) is 0. The Morgan fingerprint density at radius 2 is 1.57 bits per heavy atom. The van der Waals surface area contributed by atoms with Gasteiger partial charge in [0.05, 0.1) is 0 Å². The molecule has 3 aromatic rings. The maximum absolute atomic E-state index is 14.4. The molecule has 1 aliphatic carbocycles. The number of halogens is 1. The zero-order chi connectivity index (χ0) is 24.5. The van der Waals surface area contributed by atoms with Crippen molar-refractivity contribution >= 4 is 0 Å². The molecule has 0 radical (unpaired) electrons. The minimum Gasteiger partial charge on any atom is -0.207 e. The molecule has 0 heterocycles. The highest BCUT2D eigenvalue weighted by Crippen LogP contribution is 2.38. The predicted molar refractivity (Wildman–Crippen MR) is 148 cm³/mol. The van der Waals surface area contributed by atoms with Crippen LogP contribution in [0, 0.1) is 11.7 Å². The summed E-state index contributed by atoms with van der Waals surface area (Å²) in [5, 5.41) is 0. The Balaban J connectivity index is 1.22. The fraction of sp³-hybridized carbons (Fsp3) is 0.412. The second kappa shape index (κ2) is 12.9. The van der Waals surface area contributed by atoms with Crippen LogP contribution < -0.4 is 0 Å². The number of hydrogen-bond acceptors (Lipinski definition) is 0. The number of benzene rings is 3. The molecule has 1 aliphatic rings. The number of aryl methyl sites for hydroxylation is 2. The first-order chi connectivity index (χ1) is 17.1. The van der Waals surface area contributed by atoms with E-state index in [0.29, 0.717) is 11.8 Å². The van der Waals surface area contributed by atoms with E-state index < -0.39 is 0 Å². The molecule has 0 saturated heterocycles. The van der Waals surface area contributed by atoms with Crippen LogP contribution in [0.15, 0.2) is 84.9 Å². The maximum atomic E-state index is 14.4. The van der Waals surface area contributed by atoms with Crippen molar-refractivity contribution in [2.45, 2.75) is 83.5 Å². The summed E-state index contributed by atoms with van der Waals surface area (Å²) >= 11 is 0. The van der Waals surface area contributed by atoms with Crippen LogP contribution in [0.4, 0.5) is 4.39 Å². The smallest absolute Gasteiger partial charge is 0.126 e. The van der Waals surface area contributed by atoms with Crippen molar-refractivity contribution in [3.05, 3.63) is 119 Å². The van der Waals surface area contributed by atoms with E-state index in [1.807, 2.05) is 19.1 Å². The summed E-state index contributed by atoms with van der Waals surface area (Å²) in [6.45, 7) is 4.33. The molecule has 0 aliphatic heterocycles. The fourth-order valence-electron chi connectivity index (χ4n) is 5.69. The molecule has 0 spiro atoms. The minimum absolute atomic E-state index is 0.0303. The van der Waals surface area contributed by atoms with Gasteiger partial charge in [-0.1, -0.05) is 85.8 Å². The van der Waals surface area contributed by atoms with Crippen LogP contribution in [0.5, 0.6) is 0 Å². The third-order valence-electron chi connectivity index (χ3n) is 7.98. The monoisotopic (exact) mass is 468 g/mol. The highest BCUT2D eigenvalue weighted by molar-refractivity contribution is 5.29. The van der Waals surface area contributed by atoms with E-state index in [9.17, 15) is 4.39 Å². The molecule has 35 heavy (non-hydrogen) atoms.